The summed E-state index contributed by atoms with van der Waals surface area (Å²) in [5, 5.41) is 1.72. The number of hydrogen-bond donors (Lipinski definition) is 1. The summed E-state index contributed by atoms with van der Waals surface area (Å²) in [4.78, 5) is 13.7. The van der Waals surface area contributed by atoms with Crippen LogP contribution in [0, 0.1) is 0 Å². The van der Waals surface area contributed by atoms with Gasteiger partial charge in [-0.15, -0.1) is 0 Å². The average molecular weight is 254 g/mol. The van der Waals surface area contributed by atoms with Gasteiger partial charge >= 0.3 is 0 Å². The number of rotatable bonds is 2. The highest BCUT2D eigenvalue weighted by Gasteiger charge is 2.05. The van der Waals surface area contributed by atoms with Crippen molar-refractivity contribution in [3.05, 3.63) is 48.9 Å². The van der Waals surface area contributed by atoms with Gasteiger partial charge in [0.05, 0.1) is 17.4 Å². The second-order valence-electron chi connectivity index (χ2n) is 3.73. The van der Waals surface area contributed by atoms with E-state index < -0.39 is 0 Å². The van der Waals surface area contributed by atoms with Crippen molar-refractivity contribution >= 4 is 28.4 Å². The lowest BCUT2D eigenvalue weighted by Crippen LogP contribution is -1.91. The van der Waals surface area contributed by atoms with Crippen LogP contribution in [0.1, 0.15) is 0 Å². The molecule has 0 fully saturated rings. The molecule has 0 aliphatic heterocycles. The maximum atomic E-state index is 5.84. The summed E-state index contributed by atoms with van der Waals surface area (Å²) in [6.45, 7) is 0. The van der Waals surface area contributed by atoms with Crippen molar-refractivity contribution in [3.8, 4) is 0 Å². The normalized spacial score (nSPS) is 10.7. The third kappa shape index (κ3) is 2.12. The highest BCUT2D eigenvalue weighted by molar-refractivity contribution is 7.99. The van der Waals surface area contributed by atoms with E-state index in [1.807, 2.05) is 36.5 Å². The maximum Gasteiger partial charge on any atom is 0.193 e. The molecule has 3 rings (SSSR count). The van der Waals surface area contributed by atoms with Crippen LogP contribution in [0.15, 0.2) is 59.0 Å². The maximum absolute atomic E-state index is 5.84. The Labute approximate surface area is 108 Å². The van der Waals surface area contributed by atoms with Gasteiger partial charge in [0.2, 0.25) is 0 Å². The van der Waals surface area contributed by atoms with Crippen molar-refractivity contribution in [3.63, 3.8) is 0 Å². The molecule has 2 heterocycles. The van der Waals surface area contributed by atoms with Gasteiger partial charge in [-0.1, -0.05) is 18.2 Å². The van der Waals surface area contributed by atoms with E-state index in [1.54, 1.807) is 12.4 Å². The van der Waals surface area contributed by atoms with Crippen LogP contribution in [-0.4, -0.2) is 15.0 Å². The van der Waals surface area contributed by atoms with E-state index in [-0.39, 0.29) is 0 Å². The second kappa shape index (κ2) is 4.62. The van der Waals surface area contributed by atoms with E-state index in [0.29, 0.717) is 10.8 Å². The number of anilines is 1. The molecule has 2 aromatic heterocycles. The van der Waals surface area contributed by atoms with Crippen LogP contribution in [0.25, 0.3) is 10.9 Å². The Balaban J connectivity index is 1.98. The lowest BCUT2D eigenvalue weighted by Gasteiger charge is -2.03. The molecule has 3 aromatic rings. The van der Waals surface area contributed by atoms with Crippen LogP contribution in [0.4, 0.5) is 5.69 Å². The molecule has 0 radical (unpaired) electrons. The highest BCUT2D eigenvalue weighted by Crippen LogP contribution is 2.29. The van der Waals surface area contributed by atoms with Crippen LogP contribution in [0.5, 0.6) is 0 Å². The Kier molecular flexibility index (Phi) is 2.82. The van der Waals surface area contributed by atoms with Crippen molar-refractivity contribution in [2.75, 3.05) is 5.73 Å². The third-order valence-corrected chi connectivity index (χ3v) is 3.45. The zero-order valence-corrected chi connectivity index (χ0v) is 10.3. The molecule has 4 nitrogen and oxygen atoms in total. The molecule has 0 saturated heterocycles. The summed E-state index contributed by atoms with van der Waals surface area (Å²) in [6.07, 6.45) is 5.16. The lowest BCUT2D eigenvalue weighted by molar-refractivity contribution is 1.00. The van der Waals surface area contributed by atoms with E-state index in [1.165, 1.54) is 11.8 Å². The minimum atomic E-state index is 0.638. The molecule has 0 atom stereocenters. The third-order valence-electron chi connectivity index (χ3n) is 2.48. The van der Waals surface area contributed by atoms with Crippen LogP contribution < -0.4 is 5.73 Å². The Bertz CT molecular complexity index is 699. The first-order valence-corrected chi connectivity index (χ1v) is 6.24. The first-order valence-electron chi connectivity index (χ1n) is 5.42. The van der Waals surface area contributed by atoms with E-state index in [0.717, 1.165) is 15.8 Å². The molecule has 0 spiro atoms. The van der Waals surface area contributed by atoms with Gasteiger partial charge in [-0.2, -0.15) is 0 Å². The predicted octanol–water partition coefficient (Wildman–Crippen LogP) is 2.76. The SMILES string of the molecule is Nc1cnccc1Sc1ncc2ccccc2n1. The molecule has 0 unspecified atom stereocenters. The Morgan fingerprint density at radius 1 is 1.06 bits per heavy atom. The van der Waals surface area contributed by atoms with Crippen LogP contribution in [0.2, 0.25) is 0 Å². The second-order valence-corrected chi connectivity index (χ2v) is 4.74. The summed E-state index contributed by atoms with van der Waals surface area (Å²) in [7, 11) is 0. The van der Waals surface area contributed by atoms with Crippen molar-refractivity contribution in [2.24, 2.45) is 0 Å². The molecule has 0 bridgehead atoms. The molecule has 88 valence electrons. The molecule has 0 aliphatic carbocycles. The molecule has 5 heteroatoms. The summed E-state index contributed by atoms with van der Waals surface area (Å²) >= 11 is 1.44. The Morgan fingerprint density at radius 2 is 1.94 bits per heavy atom. The molecule has 18 heavy (non-hydrogen) atoms. The number of aromatic nitrogens is 3. The fourth-order valence-electron chi connectivity index (χ4n) is 1.59. The number of para-hydroxylation sites is 1. The van der Waals surface area contributed by atoms with Gasteiger partial charge in [-0.05, 0) is 23.9 Å². The van der Waals surface area contributed by atoms with E-state index in [2.05, 4.69) is 15.0 Å². The van der Waals surface area contributed by atoms with Gasteiger partial charge in [0.15, 0.2) is 5.16 Å². The van der Waals surface area contributed by atoms with Crippen molar-refractivity contribution in [2.45, 2.75) is 10.1 Å². The van der Waals surface area contributed by atoms with E-state index >= 15 is 0 Å². The number of nitrogens with zero attached hydrogens (tertiary/aromatic N) is 3. The quantitative estimate of drug-likeness (QED) is 0.712. The molecule has 2 N–H and O–H groups in total. The number of nitrogen functional groups attached to an aromatic ring is 1. The van der Waals surface area contributed by atoms with Crippen molar-refractivity contribution in [1.29, 1.82) is 0 Å². The van der Waals surface area contributed by atoms with Crippen molar-refractivity contribution in [1.82, 2.24) is 15.0 Å². The molecular weight excluding hydrogens is 244 g/mol. The lowest BCUT2D eigenvalue weighted by atomic mass is 10.2. The van der Waals surface area contributed by atoms with Crippen LogP contribution >= 0.6 is 11.8 Å². The minimum absolute atomic E-state index is 0.638. The topological polar surface area (TPSA) is 64.7 Å². The van der Waals surface area contributed by atoms with Gasteiger partial charge in [0, 0.05) is 22.7 Å². The zero-order chi connectivity index (χ0) is 12.4. The summed E-state index contributed by atoms with van der Waals surface area (Å²) in [5.41, 5.74) is 7.41. The number of nitrogens with two attached hydrogens (primary N) is 1. The number of pyridine rings is 1. The summed E-state index contributed by atoms with van der Waals surface area (Å²) < 4.78 is 0. The molecule has 0 aliphatic rings. The van der Waals surface area contributed by atoms with Crippen LogP contribution in [0.3, 0.4) is 0 Å². The molecular formula is C13H10N4S. The monoisotopic (exact) mass is 254 g/mol. The van der Waals surface area contributed by atoms with Gasteiger partial charge in [-0.25, -0.2) is 9.97 Å². The van der Waals surface area contributed by atoms with Crippen LogP contribution in [-0.2, 0) is 0 Å². The Morgan fingerprint density at radius 3 is 2.83 bits per heavy atom. The molecule has 0 amide bonds. The summed E-state index contributed by atoms with van der Waals surface area (Å²) in [5.74, 6) is 0. The largest absolute Gasteiger partial charge is 0.397 e. The first-order chi connectivity index (χ1) is 8.83. The predicted molar refractivity (Wildman–Crippen MR) is 72.3 cm³/mol. The minimum Gasteiger partial charge on any atom is -0.397 e. The Hall–Kier alpha value is -2.14. The number of hydrogen-bond acceptors (Lipinski definition) is 5. The highest BCUT2D eigenvalue weighted by atomic mass is 32.2. The first kappa shape index (κ1) is 11.0. The molecule has 0 saturated carbocycles. The molecule has 1 aromatic carbocycles. The van der Waals surface area contributed by atoms with Gasteiger partial charge in [-0.3, -0.25) is 4.98 Å². The number of benzene rings is 1. The zero-order valence-electron chi connectivity index (χ0n) is 9.45. The fourth-order valence-corrected chi connectivity index (χ4v) is 2.34. The van der Waals surface area contributed by atoms with Gasteiger partial charge in [0.25, 0.3) is 0 Å². The van der Waals surface area contributed by atoms with Gasteiger partial charge in [0.1, 0.15) is 0 Å². The fraction of sp³-hybridized carbons (Fsp3) is 0. The smallest absolute Gasteiger partial charge is 0.193 e. The van der Waals surface area contributed by atoms with E-state index in [9.17, 15) is 0 Å². The standard InChI is InChI=1S/C13H10N4S/c14-10-8-15-6-5-12(10)18-13-16-7-9-3-1-2-4-11(9)17-13/h1-8H,14H2. The number of fused-ring (bicyclic) bond motifs is 1. The van der Waals surface area contributed by atoms with E-state index in [4.69, 9.17) is 5.73 Å². The van der Waals surface area contributed by atoms with Gasteiger partial charge < -0.3 is 5.73 Å². The summed E-state index contributed by atoms with van der Waals surface area (Å²) in [6, 6.07) is 9.75. The average Bonchev–Trinajstić information content (AvgIpc) is 2.41. The van der Waals surface area contributed by atoms with Crippen molar-refractivity contribution < 1.29 is 0 Å².